The van der Waals surface area contributed by atoms with E-state index in [9.17, 15) is 4.79 Å². The molecule has 0 saturated heterocycles. The van der Waals surface area contributed by atoms with Gasteiger partial charge in [-0.2, -0.15) is 0 Å². The molecule has 0 aliphatic rings. The van der Waals surface area contributed by atoms with Crippen molar-refractivity contribution in [3.05, 3.63) is 71.8 Å². The Labute approximate surface area is 119 Å². The van der Waals surface area contributed by atoms with Crippen LogP contribution in [-0.2, 0) is 4.79 Å². The SMILES string of the molecule is COc1ccc(/C=C/C(=O)C(C)c2ccccc2)cc1. The minimum Gasteiger partial charge on any atom is -0.497 e. The summed E-state index contributed by atoms with van der Waals surface area (Å²) >= 11 is 0. The molecule has 0 heterocycles. The fourth-order valence-electron chi connectivity index (χ4n) is 1.94. The highest BCUT2D eigenvalue weighted by Gasteiger charge is 2.11. The predicted octanol–water partition coefficient (Wildman–Crippen LogP) is 4.08. The number of ketones is 1. The number of carbonyl (C=O) groups is 1. The Balaban J connectivity index is 2.05. The van der Waals surface area contributed by atoms with Gasteiger partial charge in [-0.15, -0.1) is 0 Å². The Kier molecular flexibility index (Phi) is 4.72. The monoisotopic (exact) mass is 266 g/mol. The Morgan fingerprint density at radius 1 is 1.05 bits per heavy atom. The minimum atomic E-state index is -0.120. The Hall–Kier alpha value is -2.35. The van der Waals surface area contributed by atoms with E-state index >= 15 is 0 Å². The number of rotatable bonds is 5. The van der Waals surface area contributed by atoms with Crippen LogP contribution < -0.4 is 4.74 Å². The molecule has 2 nitrogen and oxygen atoms in total. The number of hydrogen-bond acceptors (Lipinski definition) is 2. The van der Waals surface area contributed by atoms with Crippen LogP contribution >= 0.6 is 0 Å². The highest BCUT2D eigenvalue weighted by molar-refractivity contribution is 5.98. The number of hydrogen-bond donors (Lipinski definition) is 0. The van der Waals surface area contributed by atoms with E-state index in [-0.39, 0.29) is 11.7 Å². The molecule has 0 N–H and O–H groups in total. The van der Waals surface area contributed by atoms with Crippen LogP contribution in [0.2, 0.25) is 0 Å². The summed E-state index contributed by atoms with van der Waals surface area (Å²) in [5.74, 6) is 0.795. The molecule has 0 fully saturated rings. The molecule has 102 valence electrons. The number of ether oxygens (including phenoxy) is 1. The fraction of sp³-hybridized carbons (Fsp3) is 0.167. The van der Waals surface area contributed by atoms with E-state index in [4.69, 9.17) is 4.74 Å². The molecule has 0 aliphatic heterocycles. The maximum Gasteiger partial charge on any atom is 0.162 e. The molecule has 1 atom stereocenters. The highest BCUT2D eigenvalue weighted by atomic mass is 16.5. The molecular formula is C18H18O2. The Bertz CT molecular complexity index is 583. The summed E-state index contributed by atoms with van der Waals surface area (Å²) in [4.78, 5) is 12.1. The lowest BCUT2D eigenvalue weighted by atomic mass is 9.96. The molecule has 20 heavy (non-hydrogen) atoms. The van der Waals surface area contributed by atoms with E-state index in [1.807, 2.05) is 67.6 Å². The van der Waals surface area contributed by atoms with Crippen LogP contribution in [0, 0.1) is 0 Å². The van der Waals surface area contributed by atoms with Gasteiger partial charge in [0.1, 0.15) is 5.75 Å². The van der Waals surface area contributed by atoms with E-state index in [0.717, 1.165) is 16.9 Å². The van der Waals surface area contributed by atoms with E-state index in [0.29, 0.717) is 0 Å². The van der Waals surface area contributed by atoms with Crippen LogP contribution in [-0.4, -0.2) is 12.9 Å². The first kappa shape index (κ1) is 14.1. The van der Waals surface area contributed by atoms with Crippen molar-refractivity contribution in [1.82, 2.24) is 0 Å². The summed E-state index contributed by atoms with van der Waals surface area (Å²) in [7, 11) is 1.63. The molecule has 0 bridgehead atoms. The standard InChI is InChI=1S/C18H18O2/c1-14(16-6-4-3-5-7-16)18(19)13-10-15-8-11-17(20-2)12-9-15/h3-14H,1-2H3/b13-10+. The van der Waals surface area contributed by atoms with Crippen molar-refractivity contribution in [2.24, 2.45) is 0 Å². The third kappa shape index (κ3) is 3.58. The first-order valence-corrected chi connectivity index (χ1v) is 6.61. The van der Waals surface area contributed by atoms with Crippen molar-refractivity contribution in [2.75, 3.05) is 7.11 Å². The molecule has 0 aromatic heterocycles. The maximum atomic E-state index is 12.1. The molecular weight excluding hydrogens is 248 g/mol. The number of benzene rings is 2. The van der Waals surface area contributed by atoms with E-state index in [1.165, 1.54) is 0 Å². The first-order chi connectivity index (χ1) is 9.70. The molecule has 0 aliphatic carbocycles. The second-order valence-corrected chi connectivity index (χ2v) is 4.64. The molecule has 2 rings (SSSR count). The highest BCUT2D eigenvalue weighted by Crippen LogP contribution is 2.17. The number of carbonyl (C=O) groups excluding carboxylic acids is 1. The molecule has 0 amide bonds. The van der Waals surface area contributed by atoms with Crippen LogP contribution in [0.5, 0.6) is 5.75 Å². The first-order valence-electron chi connectivity index (χ1n) is 6.61. The third-order valence-electron chi connectivity index (χ3n) is 3.28. The summed E-state index contributed by atoms with van der Waals surface area (Å²) in [6.45, 7) is 1.93. The van der Waals surface area contributed by atoms with Crippen LogP contribution in [0.15, 0.2) is 60.7 Å². The normalized spacial score (nSPS) is 12.3. The van der Waals surface area contributed by atoms with Crippen molar-refractivity contribution in [2.45, 2.75) is 12.8 Å². The van der Waals surface area contributed by atoms with Gasteiger partial charge in [-0.3, -0.25) is 4.79 Å². The van der Waals surface area contributed by atoms with Crippen molar-refractivity contribution < 1.29 is 9.53 Å². The number of allylic oxidation sites excluding steroid dienone is 1. The lowest BCUT2D eigenvalue weighted by molar-refractivity contribution is -0.115. The average molecular weight is 266 g/mol. The molecule has 0 saturated carbocycles. The van der Waals surface area contributed by atoms with Crippen LogP contribution in [0.4, 0.5) is 0 Å². The summed E-state index contributed by atoms with van der Waals surface area (Å²) in [6, 6.07) is 17.4. The van der Waals surface area contributed by atoms with Gasteiger partial charge in [-0.05, 0) is 29.3 Å². The molecule has 0 spiro atoms. The summed E-state index contributed by atoms with van der Waals surface area (Å²) < 4.78 is 5.10. The van der Waals surface area contributed by atoms with Crippen molar-refractivity contribution in [3.8, 4) is 5.75 Å². The smallest absolute Gasteiger partial charge is 0.162 e. The number of methoxy groups -OCH3 is 1. The molecule has 0 radical (unpaired) electrons. The van der Waals surface area contributed by atoms with Crippen molar-refractivity contribution in [1.29, 1.82) is 0 Å². The lowest BCUT2D eigenvalue weighted by Gasteiger charge is -2.07. The largest absolute Gasteiger partial charge is 0.497 e. The van der Waals surface area contributed by atoms with Gasteiger partial charge in [0.25, 0.3) is 0 Å². The van der Waals surface area contributed by atoms with Crippen LogP contribution in [0.3, 0.4) is 0 Å². The maximum absolute atomic E-state index is 12.1. The quantitative estimate of drug-likeness (QED) is 0.762. The van der Waals surface area contributed by atoms with E-state index in [2.05, 4.69) is 0 Å². The van der Waals surface area contributed by atoms with Crippen LogP contribution in [0.25, 0.3) is 6.08 Å². The molecule has 1 unspecified atom stereocenters. The third-order valence-corrected chi connectivity index (χ3v) is 3.28. The predicted molar refractivity (Wildman–Crippen MR) is 81.9 cm³/mol. The van der Waals surface area contributed by atoms with Gasteiger partial charge >= 0.3 is 0 Å². The van der Waals surface area contributed by atoms with E-state index in [1.54, 1.807) is 13.2 Å². The van der Waals surface area contributed by atoms with Gasteiger partial charge in [-0.25, -0.2) is 0 Å². The Morgan fingerprint density at radius 2 is 1.70 bits per heavy atom. The van der Waals surface area contributed by atoms with Crippen molar-refractivity contribution in [3.63, 3.8) is 0 Å². The molecule has 2 heteroatoms. The zero-order valence-corrected chi connectivity index (χ0v) is 11.7. The van der Waals surface area contributed by atoms with Gasteiger partial charge in [0.15, 0.2) is 5.78 Å². The van der Waals surface area contributed by atoms with Crippen molar-refractivity contribution >= 4 is 11.9 Å². The van der Waals surface area contributed by atoms with Gasteiger partial charge in [0.2, 0.25) is 0 Å². The fourth-order valence-corrected chi connectivity index (χ4v) is 1.94. The Morgan fingerprint density at radius 3 is 2.30 bits per heavy atom. The molecule has 2 aromatic carbocycles. The summed E-state index contributed by atoms with van der Waals surface area (Å²) in [5, 5.41) is 0. The van der Waals surface area contributed by atoms with Gasteiger partial charge < -0.3 is 4.74 Å². The minimum absolute atomic E-state index is 0.104. The second kappa shape index (κ2) is 6.71. The van der Waals surface area contributed by atoms with Gasteiger partial charge in [-0.1, -0.05) is 55.5 Å². The zero-order valence-electron chi connectivity index (χ0n) is 11.7. The average Bonchev–Trinajstić information content (AvgIpc) is 2.53. The van der Waals surface area contributed by atoms with Crippen LogP contribution in [0.1, 0.15) is 24.0 Å². The van der Waals surface area contributed by atoms with Gasteiger partial charge in [0.05, 0.1) is 7.11 Å². The van der Waals surface area contributed by atoms with Gasteiger partial charge in [0, 0.05) is 5.92 Å². The molecule has 2 aromatic rings. The topological polar surface area (TPSA) is 26.3 Å². The summed E-state index contributed by atoms with van der Waals surface area (Å²) in [5.41, 5.74) is 2.02. The zero-order chi connectivity index (χ0) is 14.4. The lowest BCUT2D eigenvalue weighted by Crippen LogP contribution is -2.05. The van der Waals surface area contributed by atoms with E-state index < -0.39 is 0 Å². The second-order valence-electron chi connectivity index (χ2n) is 4.64. The summed E-state index contributed by atoms with van der Waals surface area (Å²) in [6.07, 6.45) is 3.47.